The van der Waals surface area contributed by atoms with Gasteiger partial charge in [0.05, 0.1) is 22.1 Å². The van der Waals surface area contributed by atoms with Crippen LogP contribution in [-0.2, 0) is 0 Å². The maximum absolute atomic E-state index is 9.70. The van der Waals surface area contributed by atoms with Crippen molar-refractivity contribution in [2.24, 2.45) is 0 Å². The van der Waals surface area contributed by atoms with Crippen LogP contribution in [0.1, 0.15) is 16.4 Å². The lowest BCUT2D eigenvalue weighted by molar-refractivity contribution is 0.673. The van der Waals surface area contributed by atoms with Crippen molar-refractivity contribution >= 4 is 60.5 Å². The van der Waals surface area contributed by atoms with Crippen LogP contribution >= 0.6 is 0 Å². The van der Waals surface area contributed by atoms with Crippen LogP contribution in [0.4, 0.5) is 17.1 Å². The van der Waals surface area contributed by atoms with E-state index >= 15 is 0 Å². The lowest BCUT2D eigenvalue weighted by atomic mass is 9.95. The zero-order valence-electron chi connectivity index (χ0n) is 39.5. The Kier molecular flexibility index (Phi) is 4.81. The van der Waals surface area contributed by atoms with Gasteiger partial charge in [0.25, 0.3) is 0 Å². The standard InChI is InChI=1S/C50H33NO/c1-2-12-34(13-3-1)35-24-29-39(30-25-35)51(40-31-26-38(27-32-40)42-20-10-16-36-14-4-6-17-41(36)42)47-22-9-8-19-44(47)45-21-11-23-48-49(45)46-33-28-37-15-5-7-18-43(37)50(46)52-48/h1-33H/i1D,2D,3D,12D,24D,25D,26D,27D,29D,30D,31D,32D. The molecule has 10 aromatic rings. The SMILES string of the molecule is [2H]c1cc(-c2c([2H])c([2H])c(N(c3ccccc3-c3cccc4oc5c6ccccc6ccc5c34)c3c([2H])c([2H])c(-c4cccc5ccccc45)c([2H])c3[2H])c([2H])c2[2H])c([2H])c([2H])c1[2H]. The van der Waals surface area contributed by atoms with Gasteiger partial charge >= 0.3 is 0 Å². The van der Waals surface area contributed by atoms with Gasteiger partial charge in [-0.2, -0.15) is 0 Å². The van der Waals surface area contributed by atoms with E-state index in [4.69, 9.17) is 9.90 Å². The van der Waals surface area contributed by atoms with Crippen LogP contribution in [0.2, 0.25) is 0 Å². The van der Waals surface area contributed by atoms with Crippen molar-refractivity contribution in [2.75, 3.05) is 4.90 Å². The molecule has 244 valence electrons. The Hall–Kier alpha value is -6.90. The summed E-state index contributed by atoms with van der Waals surface area (Å²) in [6, 6.07) is 31.7. The molecule has 52 heavy (non-hydrogen) atoms. The number of anilines is 3. The second-order valence-corrected chi connectivity index (χ2v) is 12.3. The van der Waals surface area contributed by atoms with Crippen molar-refractivity contribution in [1.29, 1.82) is 0 Å². The van der Waals surface area contributed by atoms with Crippen molar-refractivity contribution in [3.8, 4) is 33.4 Å². The van der Waals surface area contributed by atoms with Crippen LogP contribution in [0.5, 0.6) is 0 Å². The third-order valence-electron chi connectivity index (χ3n) is 9.37. The summed E-state index contributed by atoms with van der Waals surface area (Å²) in [5.74, 6) is 0. The fourth-order valence-electron chi connectivity index (χ4n) is 6.99. The highest BCUT2D eigenvalue weighted by molar-refractivity contribution is 6.19. The van der Waals surface area contributed by atoms with Crippen molar-refractivity contribution in [3.63, 3.8) is 0 Å². The molecule has 0 atom stereocenters. The van der Waals surface area contributed by atoms with Gasteiger partial charge in [0.15, 0.2) is 0 Å². The summed E-state index contributed by atoms with van der Waals surface area (Å²) in [7, 11) is 0. The third-order valence-corrected chi connectivity index (χ3v) is 9.37. The van der Waals surface area contributed by atoms with Gasteiger partial charge in [-0.05, 0) is 86.3 Å². The molecule has 0 bridgehead atoms. The monoisotopic (exact) mass is 675 g/mol. The molecular weight excluding hydrogens is 631 g/mol. The summed E-state index contributed by atoms with van der Waals surface area (Å²) in [5, 5.41) is 4.96. The van der Waals surface area contributed by atoms with E-state index in [0.29, 0.717) is 33.2 Å². The molecule has 0 saturated carbocycles. The number of fused-ring (bicyclic) bond motifs is 6. The van der Waals surface area contributed by atoms with E-state index < -0.39 is 78.2 Å². The lowest BCUT2D eigenvalue weighted by Gasteiger charge is -2.28. The van der Waals surface area contributed by atoms with Crippen molar-refractivity contribution in [3.05, 3.63) is 200 Å². The molecule has 0 saturated heterocycles. The average molecular weight is 676 g/mol. The highest BCUT2D eigenvalue weighted by Crippen LogP contribution is 2.46. The van der Waals surface area contributed by atoms with Crippen LogP contribution in [0, 0.1) is 0 Å². The minimum Gasteiger partial charge on any atom is -0.455 e. The molecule has 1 heterocycles. The molecule has 1 aromatic heterocycles. The number of furan rings is 1. The van der Waals surface area contributed by atoms with Crippen molar-refractivity contribution in [2.45, 2.75) is 0 Å². The topological polar surface area (TPSA) is 16.4 Å². The van der Waals surface area contributed by atoms with E-state index in [0.717, 1.165) is 33.0 Å². The zero-order chi connectivity index (χ0) is 44.9. The van der Waals surface area contributed by atoms with E-state index in [1.165, 1.54) is 4.90 Å². The fraction of sp³-hybridized carbons (Fsp3) is 0. The molecule has 0 fully saturated rings. The molecular formula is C50H33NO. The van der Waals surface area contributed by atoms with E-state index in [-0.39, 0.29) is 28.1 Å². The summed E-state index contributed by atoms with van der Waals surface area (Å²) < 4.78 is 116. The van der Waals surface area contributed by atoms with Gasteiger partial charge in [-0.3, -0.25) is 0 Å². The number of benzene rings is 9. The van der Waals surface area contributed by atoms with Crippen molar-refractivity contribution in [1.82, 2.24) is 0 Å². The Morgan fingerprint density at radius 1 is 0.404 bits per heavy atom. The fourth-order valence-corrected chi connectivity index (χ4v) is 6.99. The molecule has 2 nitrogen and oxygen atoms in total. The van der Waals surface area contributed by atoms with Gasteiger partial charge in [0, 0.05) is 33.1 Å². The van der Waals surface area contributed by atoms with E-state index in [1.54, 1.807) is 36.4 Å². The summed E-state index contributed by atoms with van der Waals surface area (Å²) in [4.78, 5) is 1.25. The molecule has 2 heteroatoms. The van der Waals surface area contributed by atoms with Crippen LogP contribution < -0.4 is 4.90 Å². The summed E-state index contributed by atoms with van der Waals surface area (Å²) in [6.45, 7) is 0. The van der Waals surface area contributed by atoms with Gasteiger partial charge in [-0.15, -0.1) is 0 Å². The smallest absolute Gasteiger partial charge is 0.143 e. The molecule has 0 amide bonds. The Morgan fingerprint density at radius 3 is 1.87 bits per heavy atom. The Balaban J connectivity index is 1.30. The normalized spacial score (nSPS) is 14.7. The van der Waals surface area contributed by atoms with Crippen LogP contribution in [0.25, 0.3) is 76.9 Å². The highest BCUT2D eigenvalue weighted by atomic mass is 16.3. The Labute approximate surface area is 319 Å². The van der Waals surface area contributed by atoms with Gasteiger partial charge in [-0.25, -0.2) is 0 Å². The van der Waals surface area contributed by atoms with Gasteiger partial charge in [0.1, 0.15) is 11.2 Å². The Bertz CT molecular complexity index is 3560. The first-order valence-electron chi connectivity index (χ1n) is 22.8. The number of hydrogen-bond donors (Lipinski definition) is 0. The largest absolute Gasteiger partial charge is 0.455 e. The first-order valence-corrected chi connectivity index (χ1v) is 16.8. The van der Waals surface area contributed by atoms with Crippen molar-refractivity contribution < 1.29 is 20.9 Å². The second-order valence-electron chi connectivity index (χ2n) is 12.3. The average Bonchev–Trinajstić information content (AvgIpc) is 3.71. The summed E-state index contributed by atoms with van der Waals surface area (Å²) in [6.07, 6.45) is 0. The zero-order valence-corrected chi connectivity index (χ0v) is 27.5. The number of para-hydroxylation sites is 1. The molecule has 0 aliphatic carbocycles. The maximum atomic E-state index is 9.70. The van der Waals surface area contributed by atoms with Gasteiger partial charge in [0.2, 0.25) is 0 Å². The Morgan fingerprint density at radius 2 is 1.04 bits per heavy atom. The molecule has 0 spiro atoms. The molecule has 0 unspecified atom stereocenters. The van der Waals surface area contributed by atoms with Crippen LogP contribution in [0.3, 0.4) is 0 Å². The lowest BCUT2D eigenvalue weighted by Crippen LogP contribution is -2.11. The van der Waals surface area contributed by atoms with Gasteiger partial charge in [-0.1, -0.05) is 158 Å². The minimum atomic E-state index is -0.647. The highest BCUT2D eigenvalue weighted by Gasteiger charge is 2.21. The van der Waals surface area contributed by atoms with Crippen LogP contribution in [-0.4, -0.2) is 0 Å². The molecule has 0 aliphatic heterocycles. The van der Waals surface area contributed by atoms with E-state index in [9.17, 15) is 11.0 Å². The van der Waals surface area contributed by atoms with Gasteiger partial charge < -0.3 is 9.32 Å². The number of hydrogen-bond acceptors (Lipinski definition) is 2. The minimum absolute atomic E-state index is 0.0405. The van der Waals surface area contributed by atoms with E-state index in [2.05, 4.69) is 0 Å². The summed E-state index contributed by atoms with van der Waals surface area (Å²) >= 11 is 0. The molecule has 0 radical (unpaired) electrons. The quantitative estimate of drug-likeness (QED) is 0.174. The first-order chi connectivity index (χ1) is 30.8. The second kappa shape index (κ2) is 12.5. The number of rotatable bonds is 6. The predicted octanol–water partition coefficient (Wildman–Crippen LogP) is 14.4. The third kappa shape index (κ3) is 5.04. The molecule has 10 rings (SSSR count). The molecule has 0 aliphatic rings. The predicted molar refractivity (Wildman–Crippen MR) is 220 cm³/mol. The summed E-state index contributed by atoms with van der Waals surface area (Å²) in [5.41, 5.74) is 1.72. The molecule has 0 N–H and O–H groups in total. The maximum Gasteiger partial charge on any atom is 0.143 e. The van der Waals surface area contributed by atoms with Crippen LogP contribution in [0.15, 0.2) is 204 Å². The first kappa shape index (κ1) is 20.1. The number of nitrogens with zero attached hydrogens (tertiary/aromatic N) is 1. The van der Waals surface area contributed by atoms with E-state index in [1.807, 2.05) is 84.9 Å². The molecule has 9 aromatic carbocycles.